The van der Waals surface area contributed by atoms with Gasteiger partial charge >= 0.3 is 6.09 Å². The number of nitrogens with zero attached hydrogens (tertiary/aromatic N) is 2. The van der Waals surface area contributed by atoms with Gasteiger partial charge in [0, 0.05) is 37.3 Å². The maximum absolute atomic E-state index is 12.9. The van der Waals surface area contributed by atoms with Crippen molar-refractivity contribution < 1.29 is 19.1 Å². The molecule has 2 aliphatic rings. The highest BCUT2D eigenvalue weighted by atomic mass is 35.5. The van der Waals surface area contributed by atoms with Gasteiger partial charge in [-0.25, -0.2) is 4.79 Å². The molecule has 7 heteroatoms. The van der Waals surface area contributed by atoms with Crippen LogP contribution in [-0.4, -0.2) is 60.7 Å². The molecule has 0 unspecified atom stereocenters. The van der Waals surface area contributed by atoms with E-state index in [1.165, 1.54) is 0 Å². The lowest BCUT2D eigenvalue weighted by atomic mass is 9.95. The van der Waals surface area contributed by atoms with E-state index in [9.17, 15) is 9.59 Å². The van der Waals surface area contributed by atoms with Crippen LogP contribution in [0.5, 0.6) is 5.75 Å². The van der Waals surface area contributed by atoms with Gasteiger partial charge in [-0.05, 0) is 63.8 Å². The van der Waals surface area contributed by atoms with E-state index in [0.29, 0.717) is 36.1 Å². The third-order valence-corrected chi connectivity index (χ3v) is 5.33. The molecule has 6 nitrogen and oxygen atoms in total. The van der Waals surface area contributed by atoms with Crippen molar-refractivity contribution in [1.29, 1.82) is 0 Å². The maximum atomic E-state index is 12.9. The number of hydrogen-bond donors (Lipinski definition) is 0. The van der Waals surface area contributed by atoms with E-state index >= 15 is 0 Å². The van der Waals surface area contributed by atoms with Crippen LogP contribution in [0.2, 0.25) is 5.02 Å². The number of halogens is 1. The number of carbonyl (C=O) groups excluding carboxylic acids is 2. The molecule has 2 heterocycles. The van der Waals surface area contributed by atoms with Gasteiger partial charge in [0.2, 0.25) is 0 Å². The number of ether oxygens (including phenoxy) is 2. The van der Waals surface area contributed by atoms with Crippen LogP contribution in [-0.2, 0) is 9.53 Å². The van der Waals surface area contributed by atoms with E-state index in [1.807, 2.05) is 43.9 Å². The van der Waals surface area contributed by atoms with Crippen LogP contribution in [0.4, 0.5) is 4.79 Å². The largest absolute Gasteiger partial charge is 0.488 e. The summed E-state index contributed by atoms with van der Waals surface area (Å²) in [6, 6.07) is 5.41. The number of rotatable bonds is 3. The number of amides is 2. The summed E-state index contributed by atoms with van der Waals surface area (Å²) in [6.45, 7) is 7.83. The second-order valence-corrected chi connectivity index (χ2v) is 9.17. The molecule has 0 aromatic heterocycles. The Morgan fingerprint density at radius 3 is 2.62 bits per heavy atom. The molecule has 29 heavy (non-hydrogen) atoms. The highest BCUT2D eigenvalue weighted by Gasteiger charge is 2.29. The van der Waals surface area contributed by atoms with Crippen molar-refractivity contribution in [3.63, 3.8) is 0 Å². The first kappa shape index (κ1) is 21.5. The summed E-state index contributed by atoms with van der Waals surface area (Å²) >= 11 is 6.05. The lowest BCUT2D eigenvalue weighted by Crippen LogP contribution is -2.44. The van der Waals surface area contributed by atoms with E-state index in [0.717, 1.165) is 24.2 Å². The Bertz CT molecular complexity index is 808. The smallest absolute Gasteiger partial charge is 0.410 e. The maximum Gasteiger partial charge on any atom is 0.410 e. The van der Waals surface area contributed by atoms with E-state index in [-0.39, 0.29) is 18.6 Å². The molecular formula is C22H29ClN2O4. The molecule has 0 saturated carbocycles. The zero-order valence-electron chi connectivity index (χ0n) is 17.5. The predicted octanol–water partition coefficient (Wildman–Crippen LogP) is 4.22. The van der Waals surface area contributed by atoms with Crippen LogP contribution < -0.4 is 4.74 Å². The molecule has 0 N–H and O–H groups in total. The van der Waals surface area contributed by atoms with Crippen molar-refractivity contribution in [1.82, 2.24) is 9.80 Å². The standard InChI is InChI=1S/C22H29ClN2O4/c1-22(2,3)29-21(27)24(4)13-15-7-9-25(10-8-15)20(26)17-11-16-12-18(23)5-6-19(16)28-14-17/h5-6,11-12,15H,7-10,13-14H2,1-4H3. The SMILES string of the molecule is CN(CC1CCN(C(=O)C2=Cc3cc(Cl)ccc3OC2)CC1)C(=O)OC(C)(C)C. The Balaban J connectivity index is 1.53. The molecule has 1 fully saturated rings. The molecule has 0 bridgehead atoms. The molecule has 0 radical (unpaired) electrons. The summed E-state index contributed by atoms with van der Waals surface area (Å²) in [7, 11) is 1.76. The minimum Gasteiger partial charge on any atom is -0.488 e. The fourth-order valence-electron chi connectivity index (χ4n) is 3.60. The minimum absolute atomic E-state index is 0.00886. The Hall–Kier alpha value is -2.21. The Labute approximate surface area is 177 Å². The van der Waals surface area contributed by atoms with Gasteiger partial charge in [-0.3, -0.25) is 4.79 Å². The number of benzene rings is 1. The zero-order valence-corrected chi connectivity index (χ0v) is 18.3. The van der Waals surface area contributed by atoms with Gasteiger partial charge < -0.3 is 19.3 Å². The molecule has 1 aromatic carbocycles. The monoisotopic (exact) mass is 420 g/mol. The molecule has 2 amide bonds. The van der Waals surface area contributed by atoms with Crippen LogP contribution in [0, 0.1) is 5.92 Å². The normalized spacial score (nSPS) is 17.1. The van der Waals surface area contributed by atoms with Crippen LogP contribution in [0.3, 0.4) is 0 Å². The first-order chi connectivity index (χ1) is 13.6. The minimum atomic E-state index is -0.500. The van der Waals surface area contributed by atoms with Gasteiger partial charge in [0.15, 0.2) is 0 Å². The van der Waals surface area contributed by atoms with Gasteiger partial charge in [0.25, 0.3) is 5.91 Å². The summed E-state index contributed by atoms with van der Waals surface area (Å²) in [6.07, 6.45) is 3.28. The number of piperidine rings is 1. The Kier molecular flexibility index (Phi) is 6.42. The number of carbonyl (C=O) groups is 2. The summed E-state index contributed by atoms with van der Waals surface area (Å²) in [4.78, 5) is 28.5. The second-order valence-electron chi connectivity index (χ2n) is 8.74. The van der Waals surface area contributed by atoms with E-state index in [2.05, 4.69) is 0 Å². The van der Waals surface area contributed by atoms with Crippen molar-refractivity contribution in [2.24, 2.45) is 5.92 Å². The lowest BCUT2D eigenvalue weighted by molar-refractivity contribution is -0.128. The molecule has 1 saturated heterocycles. The lowest BCUT2D eigenvalue weighted by Gasteiger charge is -2.35. The van der Waals surface area contributed by atoms with Gasteiger partial charge in [-0.15, -0.1) is 0 Å². The summed E-state index contributed by atoms with van der Waals surface area (Å²) in [5.74, 6) is 1.11. The van der Waals surface area contributed by atoms with Crippen molar-refractivity contribution in [3.05, 3.63) is 34.4 Å². The average Bonchev–Trinajstić information content (AvgIpc) is 2.66. The van der Waals surface area contributed by atoms with Crippen LogP contribution in [0.1, 0.15) is 39.2 Å². The van der Waals surface area contributed by atoms with Crippen molar-refractivity contribution in [2.75, 3.05) is 33.3 Å². The molecule has 0 aliphatic carbocycles. The molecular weight excluding hydrogens is 392 g/mol. The van der Waals surface area contributed by atoms with E-state index in [4.69, 9.17) is 21.1 Å². The van der Waals surface area contributed by atoms with Crippen LogP contribution in [0.25, 0.3) is 6.08 Å². The van der Waals surface area contributed by atoms with E-state index < -0.39 is 5.60 Å². The van der Waals surface area contributed by atoms with Gasteiger partial charge in [0.05, 0.1) is 5.57 Å². The molecule has 0 spiro atoms. The first-order valence-electron chi connectivity index (χ1n) is 9.99. The predicted molar refractivity (Wildman–Crippen MR) is 113 cm³/mol. The average molecular weight is 421 g/mol. The third-order valence-electron chi connectivity index (χ3n) is 5.10. The molecule has 158 valence electrons. The third kappa shape index (κ3) is 5.66. The van der Waals surface area contributed by atoms with Gasteiger partial charge in [0.1, 0.15) is 18.0 Å². The molecule has 3 rings (SSSR count). The quantitative estimate of drug-likeness (QED) is 0.734. The zero-order chi connectivity index (χ0) is 21.2. The van der Waals surface area contributed by atoms with Crippen molar-refractivity contribution >= 4 is 29.7 Å². The number of fused-ring (bicyclic) bond motifs is 1. The molecule has 0 atom stereocenters. The number of likely N-dealkylation sites (tertiary alicyclic amines) is 1. The van der Waals surface area contributed by atoms with Crippen LogP contribution in [0.15, 0.2) is 23.8 Å². The van der Waals surface area contributed by atoms with Gasteiger partial charge in [-0.2, -0.15) is 0 Å². The van der Waals surface area contributed by atoms with Crippen LogP contribution >= 0.6 is 11.6 Å². The van der Waals surface area contributed by atoms with Crippen molar-refractivity contribution in [2.45, 2.75) is 39.2 Å². The summed E-state index contributed by atoms with van der Waals surface area (Å²) < 4.78 is 11.1. The Morgan fingerprint density at radius 1 is 1.28 bits per heavy atom. The first-order valence-corrected chi connectivity index (χ1v) is 10.4. The Morgan fingerprint density at radius 2 is 1.97 bits per heavy atom. The number of hydrogen-bond acceptors (Lipinski definition) is 4. The van der Waals surface area contributed by atoms with Crippen molar-refractivity contribution in [3.8, 4) is 5.75 Å². The highest BCUT2D eigenvalue weighted by Crippen LogP contribution is 2.30. The fourth-order valence-corrected chi connectivity index (χ4v) is 3.78. The fraction of sp³-hybridized carbons (Fsp3) is 0.545. The topological polar surface area (TPSA) is 59.1 Å². The van der Waals surface area contributed by atoms with Gasteiger partial charge in [-0.1, -0.05) is 11.6 Å². The highest BCUT2D eigenvalue weighted by molar-refractivity contribution is 6.30. The van der Waals surface area contributed by atoms with E-state index in [1.54, 1.807) is 18.0 Å². The summed E-state index contributed by atoms with van der Waals surface area (Å²) in [5, 5.41) is 0.618. The molecule has 2 aliphatic heterocycles. The molecule has 1 aromatic rings. The summed E-state index contributed by atoms with van der Waals surface area (Å²) in [5.41, 5.74) is 0.977. The second kappa shape index (κ2) is 8.66.